The van der Waals surface area contributed by atoms with Gasteiger partial charge in [-0.1, -0.05) is 31.0 Å². The van der Waals surface area contributed by atoms with Gasteiger partial charge in [-0.3, -0.25) is 9.52 Å². The van der Waals surface area contributed by atoms with Crippen LogP contribution in [0, 0.1) is 0 Å². The van der Waals surface area contributed by atoms with Gasteiger partial charge in [0.15, 0.2) is 11.5 Å². The number of ether oxygens (including phenoxy) is 3. The number of hydrogen-bond donors (Lipinski definition) is 3. The highest BCUT2D eigenvalue weighted by atomic mass is 32.2. The smallest absolute Gasteiger partial charge is 0.261 e. The molecule has 1 aliphatic heterocycles. The lowest BCUT2D eigenvalue weighted by Gasteiger charge is -2.16. The van der Waals surface area contributed by atoms with Gasteiger partial charge in [0.1, 0.15) is 0 Å². The molecule has 1 saturated carbocycles. The lowest BCUT2D eigenvalue weighted by atomic mass is 10.1. The largest absolute Gasteiger partial charge is 0.493 e. The van der Waals surface area contributed by atoms with Gasteiger partial charge in [-0.25, -0.2) is 8.42 Å². The van der Waals surface area contributed by atoms with Crippen molar-refractivity contribution in [1.82, 2.24) is 5.32 Å². The number of methoxy groups -OCH3 is 1. The molecule has 0 unspecified atom stereocenters. The maximum atomic E-state index is 13.2. The first kappa shape index (κ1) is 24.8. The summed E-state index contributed by atoms with van der Waals surface area (Å²) in [5.41, 5.74) is 2.04. The quantitative estimate of drug-likeness (QED) is 0.378. The number of para-hydroxylation sites is 1. The van der Waals surface area contributed by atoms with Crippen LogP contribution in [0.1, 0.15) is 41.6 Å². The normalized spacial score (nSPS) is 14.8. The molecule has 0 atom stereocenters. The molecule has 1 heterocycles. The standard InChI is InChI=1S/C27H29N3O6S/c1-34-24-11-18(12-25-26(24)36-17-35-25)16-28-22-13-19(27(31)29-20-7-5-6-8-20)14-23(15-22)37(32,33)30-21-9-3-2-4-10-21/h2-4,9-15,20,28,30H,5-8,16-17H2,1H3,(H,29,31). The molecule has 0 aromatic heterocycles. The Morgan fingerprint density at radius 2 is 1.78 bits per heavy atom. The van der Waals surface area contributed by atoms with Crippen LogP contribution in [0.15, 0.2) is 65.6 Å². The van der Waals surface area contributed by atoms with Crippen LogP contribution in [-0.4, -0.2) is 34.3 Å². The van der Waals surface area contributed by atoms with Crippen molar-refractivity contribution in [2.75, 3.05) is 23.9 Å². The first-order chi connectivity index (χ1) is 17.9. The predicted molar refractivity (Wildman–Crippen MR) is 140 cm³/mol. The van der Waals surface area contributed by atoms with E-state index in [2.05, 4.69) is 15.4 Å². The fraction of sp³-hybridized carbons (Fsp3) is 0.296. The molecule has 1 amide bonds. The summed E-state index contributed by atoms with van der Waals surface area (Å²) in [5, 5.41) is 6.28. The zero-order valence-electron chi connectivity index (χ0n) is 20.5. The molecule has 9 nitrogen and oxygen atoms in total. The Morgan fingerprint density at radius 3 is 2.54 bits per heavy atom. The molecule has 3 aromatic carbocycles. The van der Waals surface area contributed by atoms with Gasteiger partial charge in [-0.15, -0.1) is 0 Å². The van der Waals surface area contributed by atoms with Crippen LogP contribution < -0.4 is 29.6 Å². The topological polar surface area (TPSA) is 115 Å². The first-order valence-corrected chi connectivity index (χ1v) is 13.6. The minimum absolute atomic E-state index is 0.0128. The van der Waals surface area contributed by atoms with Crippen LogP contribution in [0.2, 0.25) is 0 Å². The number of rotatable bonds is 9. The average molecular weight is 524 g/mol. The van der Waals surface area contributed by atoms with Crippen LogP contribution in [0.5, 0.6) is 17.2 Å². The van der Waals surface area contributed by atoms with Crippen molar-refractivity contribution >= 4 is 27.3 Å². The first-order valence-electron chi connectivity index (χ1n) is 12.2. The number of hydrogen-bond acceptors (Lipinski definition) is 7. The van der Waals surface area contributed by atoms with Crippen molar-refractivity contribution in [2.24, 2.45) is 0 Å². The van der Waals surface area contributed by atoms with Gasteiger partial charge in [0, 0.05) is 29.5 Å². The molecule has 194 valence electrons. The molecule has 1 fully saturated rings. The zero-order valence-corrected chi connectivity index (χ0v) is 21.3. The third-order valence-electron chi connectivity index (χ3n) is 6.41. The second-order valence-electron chi connectivity index (χ2n) is 9.06. The summed E-state index contributed by atoms with van der Waals surface area (Å²) in [6, 6.07) is 17.0. The van der Waals surface area contributed by atoms with E-state index in [4.69, 9.17) is 14.2 Å². The van der Waals surface area contributed by atoms with Crippen molar-refractivity contribution in [3.05, 3.63) is 71.8 Å². The highest BCUT2D eigenvalue weighted by Gasteiger charge is 2.23. The molecule has 37 heavy (non-hydrogen) atoms. The molecule has 3 N–H and O–H groups in total. The van der Waals surface area contributed by atoms with Gasteiger partial charge in [-0.2, -0.15) is 0 Å². The third-order valence-corrected chi connectivity index (χ3v) is 7.77. The van der Waals surface area contributed by atoms with E-state index < -0.39 is 10.0 Å². The third kappa shape index (κ3) is 5.75. The van der Waals surface area contributed by atoms with Gasteiger partial charge >= 0.3 is 0 Å². The fourth-order valence-corrected chi connectivity index (χ4v) is 5.67. The predicted octanol–water partition coefficient (Wildman–Crippen LogP) is 4.51. The van der Waals surface area contributed by atoms with Gasteiger partial charge in [-0.05, 0) is 60.9 Å². The Bertz CT molecular complexity index is 1390. The van der Waals surface area contributed by atoms with Crippen LogP contribution in [-0.2, 0) is 16.6 Å². The van der Waals surface area contributed by atoms with Crippen molar-refractivity contribution < 1.29 is 27.4 Å². The number of anilines is 2. The number of carbonyl (C=O) groups excluding carboxylic acids is 1. The van der Waals surface area contributed by atoms with Crippen molar-refractivity contribution in [3.63, 3.8) is 0 Å². The molecule has 5 rings (SSSR count). The Hall–Kier alpha value is -3.92. The molecular weight excluding hydrogens is 494 g/mol. The second kappa shape index (κ2) is 10.6. The van der Waals surface area contributed by atoms with Gasteiger partial charge in [0.2, 0.25) is 12.5 Å². The van der Waals surface area contributed by atoms with E-state index in [0.717, 1.165) is 31.2 Å². The van der Waals surface area contributed by atoms with Gasteiger partial charge in [0.25, 0.3) is 15.9 Å². The number of carbonyl (C=O) groups is 1. The van der Waals surface area contributed by atoms with Gasteiger partial charge < -0.3 is 24.8 Å². The van der Waals surface area contributed by atoms with Crippen molar-refractivity contribution in [2.45, 2.75) is 43.2 Å². The minimum atomic E-state index is -3.95. The fourth-order valence-electron chi connectivity index (χ4n) is 4.54. The Balaban J connectivity index is 1.43. The van der Waals surface area contributed by atoms with Crippen LogP contribution in [0.4, 0.5) is 11.4 Å². The second-order valence-corrected chi connectivity index (χ2v) is 10.7. The van der Waals surface area contributed by atoms with E-state index in [9.17, 15) is 13.2 Å². The van der Waals surface area contributed by atoms with E-state index in [0.29, 0.717) is 35.2 Å². The SMILES string of the molecule is COc1cc(CNc2cc(C(=O)NC3CCCC3)cc(S(=O)(=O)Nc3ccccc3)c2)cc2c1OCO2. The van der Waals surface area contributed by atoms with Crippen LogP contribution in [0.3, 0.4) is 0 Å². The molecule has 2 aliphatic rings. The summed E-state index contributed by atoms with van der Waals surface area (Å²) in [4.78, 5) is 13.1. The minimum Gasteiger partial charge on any atom is -0.493 e. The van der Waals surface area contributed by atoms with Gasteiger partial charge in [0.05, 0.1) is 12.0 Å². The van der Waals surface area contributed by atoms with E-state index in [1.165, 1.54) is 12.1 Å². The van der Waals surface area contributed by atoms with Crippen molar-refractivity contribution in [1.29, 1.82) is 0 Å². The summed E-state index contributed by atoms with van der Waals surface area (Å²) < 4.78 is 45.4. The maximum absolute atomic E-state index is 13.2. The van der Waals surface area contributed by atoms with Crippen molar-refractivity contribution in [3.8, 4) is 17.2 Å². The molecule has 1 aliphatic carbocycles. The lowest BCUT2D eigenvalue weighted by molar-refractivity contribution is 0.0937. The van der Waals surface area contributed by atoms with E-state index in [1.807, 2.05) is 12.1 Å². The molecule has 0 spiro atoms. The van der Waals surface area contributed by atoms with E-state index in [1.54, 1.807) is 43.5 Å². The summed E-state index contributed by atoms with van der Waals surface area (Å²) in [5.74, 6) is 1.39. The molecule has 10 heteroatoms. The zero-order chi connectivity index (χ0) is 25.8. The van der Waals surface area contributed by atoms with Crippen LogP contribution in [0.25, 0.3) is 0 Å². The maximum Gasteiger partial charge on any atom is 0.261 e. The van der Waals surface area contributed by atoms with Crippen LogP contribution >= 0.6 is 0 Å². The monoisotopic (exact) mass is 523 g/mol. The number of benzene rings is 3. The highest BCUT2D eigenvalue weighted by molar-refractivity contribution is 7.92. The van der Waals surface area contributed by atoms with E-state index >= 15 is 0 Å². The molecule has 0 bridgehead atoms. The highest BCUT2D eigenvalue weighted by Crippen LogP contribution is 2.42. The Labute approximate surface area is 216 Å². The Kier molecular flexibility index (Phi) is 7.09. The number of fused-ring (bicyclic) bond motifs is 1. The Morgan fingerprint density at radius 1 is 1.00 bits per heavy atom. The summed E-state index contributed by atoms with van der Waals surface area (Å²) in [6.45, 7) is 0.461. The average Bonchev–Trinajstić information content (AvgIpc) is 3.59. The summed E-state index contributed by atoms with van der Waals surface area (Å²) in [6.07, 6.45) is 4.00. The number of amides is 1. The molecule has 0 saturated heterocycles. The van der Waals surface area contributed by atoms with E-state index in [-0.39, 0.29) is 29.2 Å². The molecule has 0 radical (unpaired) electrons. The molecule has 3 aromatic rings. The summed E-state index contributed by atoms with van der Waals surface area (Å²) >= 11 is 0. The number of nitrogens with one attached hydrogen (secondary N) is 3. The summed E-state index contributed by atoms with van der Waals surface area (Å²) in [7, 11) is -2.39. The number of sulfonamides is 1. The molecular formula is C27H29N3O6S. The lowest BCUT2D eigenvalue weighted by Crippen LogP contribution is -2.32.